The van der Waals surface area contributed by atoms with E-state index in [1.807, 2.05) is 12.1 Å². The minimum atomic E-state index is -0.198. The molecule has 0 radical (unpaired) electrons. The van der Waals surface area contributed by atoms with E-state index in [1.165, 1.54) is 0 Å². The van der Waals surface area contributed by atoms with E-state index >= 15 is 0 Å². The van der Waals surface area contributed by atoms with E-state index in [-0.39, 0.29) is 11.4 Å². The third-order valence-corrected chi connectivity index (χ3v) is 3.28. The summed E-state index contributed by atoms with van der Waals surface area (Å²) in [5.74, 6) is 1.60. The summed E-state index contributed by atoms with van der Waals surface area (Å²) in [6, 6.07) is 3.88. The van der Waals surface area contributed by atoms with Gasteiger partial charge in [0.25, 0.3) is 0 Å². The molecule has 17 heavy (non-hydrogen) atoms. The molecule has 0 unspecified atom stereocenters. The van der Waals surface area contributed by atoms with Crippen molar-refractivity contribution < 1.29 is 14.3 Å². The number of benzene rings is 1. The third-order valence-electron chi connectivity index (χ3n) is 3.28. The first-order chi connectivity index (χ1) is 8.07. The fourth-order valence-corrected chi connectivity index (χ4v) is 2.53. The number of rotatable bonds is 0. The van der Waals surface area contributed by atoms with E-state index in [4.69, 9.17) is 9.47 Å². The minimum absolute atomic E-state index is 0.161. The lowest BCUT2D eigenvalue weighted by Gasteiger charge is -2.18. The van der Waals surface area contributed by atoms with Crippen molar-refractivity contribution in [3.05, 3.63) is 23.3 Å². The average molecular weight is 232 g/mol. The molecule has 3 rings (SSSR count). The Morgan fingerprint density at radius 3 is 2.88 bits per heavy atom. The van der Waals surface area contributed by atoms with Gasteiger partial charge in [0.1, 0.15) is 5.60 Å². The topological polar surface area (TPSA) is 35.5 Å². The SMILES string of the molecule is CC1(C)Cc2ccc3c(c2O1)OCCCC3=O. The molecule has 3 heteroatoms. The molecule has 1 aromatic rings. The summed E-state index contributed by atoms with van der Waals surface area (Å²) >= 11 is 0. The van der Waals surface area contributed by atoms with Crippen LogP contribution in [0.2, 0.25) is 0 Å². The Hall–Kier alpha value is -1.51. The quantitative estimate of drug-likeness (QED) is 0.690. The van der Waals surface area contributed by atoms with Gasteiger partial charge in [0.05, 0.1) is 12.2 Å². The molecular formula is C14H16O3. The highest BCUT2D eigenvalue weighted by atomic mass is 16.5. The molecule has 3 nitrogen and oxygen atoms in total. The first kappa shape index (κ1) is 10.6. The van der Waals surface area contributed by atoms with Crippen molar-refractivity contribution in [3.63, 3.8) is 0 Å². The molecule has 0 bridgehead atoms. The normalized spacial score (nSPS) is 20.9. The molecule has 90 valence electrons. The van der Waals surface area contributed by atoms with Crippen LogP contribution in [0.25, 0.3) is 0 Å². The summed E-state index contributed by atoms with van der Waals surface area (Å²) in [5, 5.41) is 0. The molecule has 0 saturated heterocycles. The van der Waals surface area contributed by atoms with Gasteiger partial charge in [-0.3, -0.25) is 4.79 Å². The molecule has 0 atom stereocenters. The predicted octanol–water partition coefficient (Wildman–Crippen LogP) is 2.76. The van der Waals surface area contributed by atoms with Crippen LogP contribution in [-0.2, 0) is 6.42 Å². The number of hydrogen-bond donors (Lipinski definition) is 0. The number of fused-ring (bicyclic) bond motifs is 3. The largest absolute Gasteiger partial charge is 0.489 e. The van der Waals surface area contributed by atoms with Crippen molar-refractivity contribution in [1.29, 1.82) is 0 Å². The van der Waals surface area contributed by atoms with Gasteiger partial charge in [-0.25, -0.2) is 0 Å². The smallest absolute Gasteiger partial charge is 0.172 e. The van der Waals surface area contributed by atoms with Crippen molar-refractivity contribution in [3.8, 4) is 11.5 Å². The lowest BCUT2D eigenvalue weighted by molar-refractivity contribution is 0.0982. The van der Waals surface area contributed by atoms with Gasteiger partial charge in [-0.05, 0) is 26.3 Å². The molecular weight excluding hydrogens is 216 g/mol. The average Bonchev–Trinajstić information content (AvgIpc) is 2.45. The van der Waals surface area contributed by atoms with E-state index in [1.54, 1.807) is 0 Å². The van der Waals surface area contributed by atoms with Gasteiger partial charge in [0.2, 0.25) is 0 Å². The van der Waals surface area contributed by atoms with Crippen LogP contribution < -0.4 is 9.47 Å². The highest BCUT2D eigenvalue weighted by Gasteiger charge is 2.35. The molecule has 0 N–H and O–H groups in total. The van der Waals surface area contributed by atoms with Crippen LogP contribution in [0.1, 0.15) is 42.6 Å². The second-order valence-electron chi connectivity index (χ2n) is 5.34. The van der Waals surface area contributed by atoms with E-state index in [0.29, 0.717) is 24.3 Å². The molecule has 0 spiro atoms. The molecule has 2 heterocycles. The first-order valence-corrected chi connectivity index (χ1v) is 6.08. The maximum atomic E-state index is 11.9. The Balaban J connectivity index is 2.13. The Kier molecular flexibility index (Phi) is 2.18. The minimum Gasteiger partial charge on any atom is -0.489 e. The molecule has 2 aliphatic heterocycles. The lowest BCUT2D eigenvalue weighted by Crippen LogP contribution is -2.24. The van der Waals surface area contributed by atoms with E-state index < -0.39 is 0 Å². The molecule has 1 aromatic carbocycles. The second-order valence-corrected chi connectivity index (χ2v) is 5.34. The van der Waals surface area contributed by atoms with Crippen molar-refractivity contribution in [2.45, 2.75) is 38.7 Å². The summed E-state index contributed by atoms with van der Waals surface area (Å²) in [7, 11) is 0. The van der Waals surface area contributed by atoms with Crippen LogP contribution in [0.5, 0.6) is 11.5 Å². The molecule has 2 aliphatic rings. The summed E-state index contributed by atoms with van der Waals surface area (Å²) < 4.78 is 11.6. The number of carbonyl (C=O) groups excluding carboxylic acids is 1. The number of hydrogen-bond acceptors (Lipinski definition) is 3. The predicted molar refractivity (Wildman–Crippen MR) is 63.9 cm³/mol. The number of ketones is 1. The number of carbonyl (C=O) groups is 1. The maximum Gasteiger partial charge on any atom is 0.172 e. The monoisotopic (exact) mass is 232 g/mol. The standard InChI is InChI=1S/C14H16O3/c1-14(2)8-9-5-6-10-11(15)4-3-7-16-13(10)12(9)17-14/h5-6H,3-4,7-8H2,1-2H3. The van der Waals surface area contributed by atoms with Gasteiger partial charge in [-0.15, -0.1) is 0 Å². The first-order valence-electron chi connectivity index (χ1n) is 6.08. The Morgan fingerprint density at radius 1 is 1.24 bits per heavy atom. The van der Waals surface area contributed by atoms with Gasteiger partial charge in [-0.2, -0.15) is 0 Å². The van der Waals surface area contributed by atoms with E-state index in [9.17, 15) is 4.79 Å². The fourth-order valence-electron chi connectivity index (χ4n) is 2.53. The Labute approximate surface area is 101 Å². The Morgan fingerprint density at radius 2 is 2.06 bits per heavy atom. The maximum absolute atomic E-state index is 11.9. The van der Waals surface area contributed by atoms with Crippen molar-refractivity contribution in [1.82, 2.24) is 0 Å². The second kappa shape index (κ2) is 3.49. The van der Waals surface area contributed by atoms with Crippen molar-refractivity contribution in [2.24, 2.45) is 0 Å². The van der Waals surface area contributed by atoms with E-state index in [2.05, 4.69) is 13.8 Å². The number of Topliss-reactive ketones (excluding diaryl/α,β-unsaturated/α-hetero) is 1. The van der Waals surface area contributed by atoms with Crippen molar-refractivity contribution >= 4 is 5.78 Å². The van der Waals surface area contributed by atoms with Crippen LogP contribution in [-0.4, -0.2) is 18.0 Å². The highest BCUT2D eigenvalue weighted by molar-refractivity contribution is 6.00. The zero-order valence-electron chi connectivity index (χ0n) is 10.2. The lowest BCUT2D eigenvalue weighted by atomic mass is 9.99. The van der Waals surface area contributed by atoms with E-state index in [0.717, 1.165) is 24.2 Å². The van der Waals surface area contributed by atoms with Crippen LogP contribution in [0.3, 0.4) is 0 Å². The zero-order valence-corrected chi connectivity index (χ0v) is 10.2. The van der Waals surface area contributed by atoms with Crippen LogP contribution in [0.15, 0.2) is 12.1 Å². The molecule has 0 amide bonds. The van der Waals surface area contributed by atoms with Gasteiger partial charge >= 0.3 is 0 Å². The van der Waals surface area contributed by atoms with Gasteiger partial charge < -0.3 is 9.47 Å². The van der Waals surface area contributed by atoms with Crippen LogP contribution in [0.4, 0.5) is 0 Å². The number of ether oxygens (including phenoxy) is 2. The summed E-state index contributed by atoms with van der Waals surface area (Å²) in [6.07, 6.45) is 2.22. The van der Waals surface area contributed by atoms with Crippen LogP contribution in [0, 0.1) is 0 Å². The Bertz CT molecular complexity index is 488. The molecule has 0 saturated carbocycles. The van der Waals surface area contributed by atoms with Gasteiger partial charge in [-0.1, -0.05) is 6.07 Å². The summed E-state index contributed by atoms with van der Waals surface area (Å²) in [5.41, 5.74) is 1.62. The highest BCUT2D eigenvalue weighted by Crippen LogP contribution is 2.45. The zero-order chi connectivity index (χ0) is 12.0. The molecule has 0 aliphatic carbocycles. The summed E-state index contributed by atoms with van der Waals surface area (Å²) in [6.45, 7) is 4.70. The molecule has 0 fully saturated rings. The molecule has 0 aromatic heterocycles. The fraction of sp³-hybridized carbons (Fsp3) is 0.500. The third kappa shape index (κ3) is 1.70. The van der Waals surface area contributed by atoms with Gasteiger partial charge in [0.15, 0.2) is 17.3 Å². The van der Waals surface area contributed by atoms with Crippen molar-refractivity contribution in [2.75, 3.05) is 6.61 Å². The van der Waals surface area contributed by atoms with Gasteiger partial charge in [0, 0.05) is 18.4 Å². The summed E-state index contributed by atoms with van der Waals surface area (Å²) in [4.78, 5) is 11.9. The van der Waals surface area contributed by atoms with Crippen LogP contribution >= 0.6 is 0 Å².